The van der Waals surface area contributed by atoms with Gasteiger partial charge in [-0.05, 0) is 32.7 Å². The summed E-state index contributed by atoms with van der Waals surface area (Å²) in [6, 6.07) is 0.438. The lowest BCUT2D eigenvalue weighted by Crippen LogP contribution is -2.48. The molecule has 0 aromatic rings. The van der Waals surface area contributed by atoms with Crippen LogP contribution in [0.1, 0.15) is 52.4 Å². The SMILES string of the molecule is CCCCCC(=O)N(CC)C1CCCNC1. The second kappa shape index (κ2) is 7.66. The Hall–Kier alpha value is -0.570. The number of amides is 1. The quantitative estimate of drug-likeness (QED) is 0.704. The highest BCUT2D eigenvalue weighted by Crippen LogP contribution is 2.13. The first-order valence-electron chi connectivity index (χ1n) is 6.79. The molecule has 0 bridgehead atoms. The topological polar surface area (TPSA) is 32.3 Å². The Labute approximate surface area is 99.6 Å². The monoisotopic (exact) mass is 226 g/mol. The van der Waals surface area contributed by atoms with E-state index in [1.807, 2.05) is 0 Å². The van der Waals surface area contributed by atoms with Crippen LogP contribution in [0.4, 0.5) is 0 Å². The molecule has 1 amide bonds. The maximum atomic E-state index is 12.0. The van der Waals surface area contributed by atoms with Gasteiger partial charge in [0.15, 0.2) is 0 Å². The predicted molar refractivity (Wildman–Crippen MR) is 67.4 cm³/mol. The van der Waals surface area contributed by atoms with Gasteiger partial charge in [0.2, 0.25) is 5.91 Å². The van der Waals surface area contributed by atoms with E-state index in [-0.39, 0.29) is 0 Å². The van der Waals surface area contributed by atoms with Crippen LogP contribution in [0.25, 0.3) is 0 Å². The van der Waals surface area contributed by atoms with Crippen molar-refractivity contribution >= 4 is 5.91 Å². The van der Waals surface area contributed by atoms with Crippen molar-refractivity contribution in [3.05, 3.63) is 0 Å². The minimum atomic E-state index is 0.352. The van der Waals surface area contributed by atoms with Crippen LogP contribution in [-0.2, 0) is 4.79 Å². The van der Waals surface area contributed by atoms with Crippen LogP contribution < -0.4 is 5.32 Å². The van der Waals surface area contributed by atoms with Gasteiger partial charge in [-0.3, -0.25) is 4.79 Å². The molecule has 1 rings (SSSR count). The minimum absolute atomic E-state index is 0.352. The molecule has 1 unspecified atom stereocenters. The van der Waals surface area contributed by atoms with Crippen LogP contribution in [0.3, 0.4) is 0 Å². The van der Waals surface area contributed by atoms with Crippen molar-refractivity contribution in [2.45, 2.75) is 58.4 Å². The Balaban J connectivity index is 2.35. The van der Waals surface area contributed by atoms with E-state index in [1.165, 1.54) is 25.7 Å². The lowest BCUT2D eigenvalue weighted by atomic mass is 10.0. The predicted octanol–water partition coefficient (Wildman–Crippen LogP) is 2.17. The van der Waals surface area contributed by atoms with Crippen molar-refractivity contribution in [2.75, 3.05) is 19.6 Å². The summed E-state index contributed by atoms with van der Waals surface area (Å²) in [5, 5.41) is 3.38. The molecule has 0 radical (unpaired) electrons. The summed E-state index contributed by atoms with van der Waals surface area (Å²) >= 11 is 0. The van der Waals surface area contributed by atoms with Crippen LogP contribution in [-0.4, -0.2) is 36.5 Å². The van der Waals surface area contributed by atoms with Gasteiger partial charge in [0.1, 0.15) is 0 Å². The normalized spacial score (nSPS) is 20.8. The standard InChI is InChI=1S/C13H26N2O/c1-3-5-6-9-13(16)15(4-2)12-8-7-10-14-11-12/h12,14H,3-11H2,1-2H3. The molecule has 0 spiro atoms. The Morgan fingerprint density at radius 1 is 1.38 bits per heavy atom. The molecule has 0 aromatic heterocycles. The molecule has 1 N–H and O–H groups in total. The van der Waals surface area contributed by atoms with E-state index in [0.29, 0.717) is 11.9 Å². The second-order valence-corrected chi connectivity index (χ2v) is 4.64. The van der Waals surface area contributed by atoms with Gasteiger partial charge in [0, 0.05) is 25.6 Å². The van der Waals surface area contributed by atoms with E-state index in [0.717, 1.165) is 32.5 Å². The Morgan fingerprint density at radius 3 is 2.75 bits per heavy atom. The molecule has 1 aliphatic rings. The van der Waals surface area contributed by atoms with Gasteiger partial charge < -0.3 is 10.2 Å². The van der Waals surface area contributed by atoms with E-state index in [1.54, 1.807) is 0 Å². The smallest absolute Gasteiger partial charge is 0.222 e. The molecular weight excluding hydrogens is 200 g/mol. The molecule has 1 heterocycles. The number of likely N-dealkylation sites (N-methyl/N-ethyl adjacent to an activating group) is 1. The van der Waals surface area contributed by atoms with E-state index >= 15 is 0 Å². The average molecular weight is 226 g/mol. The zero-order valence-electron chi connectivity index (χ0n) is 10.8. The molecule has 0 aromatic carbocycles. The summed E-state index contributed by atoms with van der Waals surface area (Å²) in [5.74, 6) is 0.352. The summed E-state index contributed by atoms with van der Waals surface area (Å²) in [7, 11) is 0. The highest BCUT2D eigenvalue weighted by molar-refractivity contribution is 5.76. The molecule has 3 heteroatoms. The Morgan fingerprint density at radius 2 is 2.19 bits per heavy atom. The number of rotatable bonds is 6. The summed E-state index contributed by atoms with van der Waals surface area (Å²) in [4.78, 5) is 14.1. The summed E-state index contributed by atoms with van der Waals surface area (Å²) < 4.78 is 0. The fourth-order valence-corrected chi connectivity index (χ4v) is 2.41. The van der Waals surface area contributed by atoms with Gasteiger partial charge in [-0.1, -0.05) is 19.8 Å². The number of piperidine rings is 1. The van der Waals surface area contributed by atoms with Crippen LogP contribution in [0.15, 0.2) is 0 Å². The number of unbranched alkanes of at least 4 members (excludes halogenated alkanes) is 2. The minimum Gasteiger partial charge on any atom is -0.339 e. The Kier molecular flexibility index (Phi) is 6.46. The lowest BCUT2D eigenvalue weighted by Gasteiger charge is -2.34. The van der Waals surface area contributed by atoms with Gasteiger partial charge in [-0.25, -0.2) is 0 Å². The van der Waals surface area contributed by atoms with Gasteiger partial charge in [-0.15, -0.1) is 0 Å². The fourth-order valence-electron chi connectivity index (χ4n) is 2.41. The fraction of sp³-hybridized carbons (Fsp3) is 0.923. The Bertz CT molecular complexity index is 200. The first-order valence-corrected chi connectivity index (χ1v) is 6.79. The number of nitrogens with one attached hydrogen (secondary N) is 1. The molecule has 1 saturated heterocycles. The highest BCUT2D eigenvalue weighted by Gasteiger charge is 2.23. The van der Waals surface area contributed by atoms with Crippen LogP contribution in [0.2, 0.25) is 0 Å². The first-order chi connectivity index (χ1) is 7.79. The van der Waals surface area contributed by atoms with Gasteiger partial charge in [0.25, 0.3) is 0 Å². The molecule has 94 valence electrons. The lowest BCUT2D eigenvalue weighted by molar-refractivity contribution is -0.133. The molecular formula is C13H26N2O. The third-order valence-corrected chi connectivity index (χ3v) is 3.37. The first kappa shape index (κ1) is 13.5. The average Bonchev–Trinajstić information content (AvgIpc) is 2.32. The molecule has 0 aliphatic carbocycles. The third-order valence-electron chi connectivity index (χ3n) is 3.37. The summed E-state index contributed by atoms with van der Waals surface area (Å²) in [6.07, 6.45) is 6.50. The molecule has 16 heavy (non-hydrogen) atoms. The van der Waals surface area contributed by atoms with Gasteiger partial charge in [0.05, 0.1) is 0 Å². The maximum Gasteiger partial charge on any atom is 0.222 e. The van der Waals surface area contributed by atoms with E-state index in [2.05, 4.69) is 24.1 Å². The van der Waals surface area contributed by atoms with E-state index < -0.39 is 0 Å². The van der Waals surface area contributed by atoms with Crippen molar-refractivity contribution in [2.24, 2.45) is 0 Å². The molecule has 0 saturated carbocycles. The zero-order chi connectivity index (χ0) is 11.8. The van der Waals surface area contributed by atoms with E-state index in [9.17, 15) is 4.79 Å². The summed E-state index contributed by atoms with van der Waals surface area (Å²) in [5.41, 5.74) is 0. The number of nitrogens with zero attached hydrogens (tertiary/aromatic N) is 1. The van der Waals surface area contributed by atoms with Crippen LogP contribution in [0, 0.1) is 0 Å². The zero-order valence-corrected chi connectivity index (χ0v) is 10.8. The van der Waals surface area contributed by atoms with Crippen LogP contribution in [0.5, 0.6) is 0 Å². The van der Waals surface area contributed by atoms with Crippen molar-refractivity contribution < 1.29 is 4.79 Å². The van der Waals surface area contributed by atoms with Crippen molar-refractivity contribution in [1.29, 1.82) is 0 Å². The maximum absolute atomic E-state index is 12.0. The number of carbonyl (C=O) groups is 1. The van der Waals surface area contributed by atoms with Gasteiger partial charge >= 0.3 is 0 Å². The largest absolute Gasteiger partial charge is 0.339 e. The van der Waals surface area contributed by atoms with Crippen LogP contribution >= 0.6 is 0 Å². The van der Waals surface area contributed by atoms with Crippen molar-refractivity contribution in [3.63, 3.8) is 0 Å². The van der Waals surface area contributed by atoms with Crippen molar-refractivity contribution in [3.8, 4) is 0 Å². The molecule has 3 nitrogen and oxygen atoms in total. The molecule has 1 fully saturated rings. The number of hydrogen-bond acceptors (Lipinski definition) is 2. The van der Waals surface area contributed by atoms with Gasteiger partial charge in [-0.2, -0.15) is 0 Å². The number of carbonyl (C=O) groups excluding carboxylic acids is 1. The third kappa shape index (κ3) is 4.12. The molecule has 1 aliphatic heterocycles. The molecule has 1 atom stereocenters. The number of hydrogen-bond donors (Lipinski definition) is 1. The van der Waals surface area contributed by atoms with Crippen molar-refractivity contribution in [1.82, 2.24) is 10.2 Å². The summed E-state index contributed by atoms with van der Waals surface area (Å²) in [6.45, 7) is 7.21. The second-order valence-electron chi connectivity index (χ2n) is 4.64. The van der Waals surface area contributed by atoms with E-state index in [4.69, 9.17) is 0 Å². The highest BCUT2D eigenvalue weighted by atomic mass is 16.2.